The van der Waals surface area contributed by atoms with Crippen LogP contribution in [0.15, 0.2) is 77.7 Å². The molecule has 5 nitrogen and oxygen atoms in total. The van der Waals surface area contributed by atoms with Crippen LogP contribution in [0.1, 0.15) is 40.0 Å². The molecule has 2 amide bonds. The second-order valence-electron chi connectivity index (χ2n) is 8.99. The molecule has 0 fully saturated rings. The minimum Gasteiger partial charge on any atom is -0.350 e. The van der Waals surface area contributed by atoms with Crippen LogP contribution < -0.4 is 10.2 Å². The second kappa shape index (κ2) is 11.6. The molecule has 1 heterocycles. The van der Waals surface area contributed by atoms with Crippen molar-refractivity contribution in [3.8, 4) is 0 Å². The van der Waals surface area contributed by atoms with Crippen molar-refractivity contribution in [2.75, 3.05) is 37.8 Å². The Morgan fingerprint density at radius 1 is 1.00 bits per heavy atom. The summed E-state index contributed by atoms with van der Waals surface area (Å²) >= 11 is 1.42. The number of likely N-dealkylation sites (N-methyl/N-ethyl adjacent to an activating group) is 1. The van der Waals surface area contributed by atoms with Gasteiger partial charge in [-0.2, -0.15) is 0 Å². The highest BCUT2D eigenvalue weighted by Gasteiger charge is 2.24. The summed E-state index contributed by atoms with van der Waals surface area (Å²) in [6.07, 6.45) is 1.89. The highest BCUT2D eigenvalue weighted by Crippen LogP contribution is 2.30. The third kappa shape index (κ3) is 5.95. The van der Waals surface area contributed by atoms with E-state index >= 15 is 0 Å². The van der Waals surface area contributed by atoms with Gasteiger partial charge in [0.15, 0.2) is 0 Å². The molecule has 1 aliphatic heterocycles. The van der Waals surface area contributed by atoms with Gasteiger partial charge in [-0.15, -0.1) is 11.8 Å². The highest BCUT2D eigenvalue weighted by molar-refractivity contribution is 8.00. The molecule has 0 saturated carbocycles. The van der Waals surface area contributed by atoms with E-state index in [2.05, 4.69) is 47.5 Å². The molecule has 1 unspecified atom stereocenters. The summed E-state index contributed by atoms with van der Waals surface area (Å²) in [7, 11) is 4.05. The molecule has 3 aromatic rings. The molecule has 0 spiro atoms. The van der Waals surface area contributed by atoms with Crippen LogP contribution in [0.3, 0.4) is 0 Å². The molecular formula is C29H33N3O2S. The number of benzene rings is 3. The number of anilines is 1. The molecule has 1 N–H and O–H groups in total. The lowest BCUT2D eigenvalue weighted by atomic mass is 10.0. The maximum atomic E-state index is 13.2. The van der Waals surface area contributed by atoms with Crippen molar-refractivity contribution in [2.45, 2.75) is 30.7 Å². The summed E-state index contributed by atoms with van der Waals surface area (Å²) in [5.41, 5.74) is 5.29. The van der Waals surface area contributed by atoms with Crippen LogP contribution in [0, 0.1) is 0 Å². The zero-order chi connectivity index (χ0) is 24.8. The van der Waals surface area contributed by atoms with Gasteiger partial charge < -0.3 is 15.1 Å². The van der Waals surface area contributed by atoms with E-state index in [1.165, 1.54) is 28.5 Å². The predicted molar refractivity (Wildman–Crippen MR) is 144 cm³/mol. The van der Waals surface area contributed by atoms with Crippen molar-refractivity contribution < 1.29 is 9.59 Å². The Hall–Kier alpha value is -3.09. The second-order valence-corrected chi connectivity index (χ2v) is 10.0. The number of para-hydroxylation sites is 1. The maximum Gasteiger partial charge on any atom is 0.252 e. The molecule has 3 aromatic carbocycles. The van der Waals surface area contributed by atoms with E-state index in [0.717, 1.165) is 23.4 Å². The number of nitrogens with one attached hydrogen (secondary N) is 1. The first-order valence-electron chi connectivity index (χ1n) is 12.1. The molecule has 1 aliphatic rings. The van der Waals surface area contributed by atoms with Gasteiger partial charge in [-0.1, -0.05) is 61.5 Å². The van der Waals surface area contributed by atoms with Gasteiger partial charge in [0.05, 0.1) is 17.4 Å². The lowest BCUT2D eigenvalue weighted by Gasteiger charge is -2.25. The fourth-order valence-corrected chi connectivity index (χ4v) is 5.38. The van der Waals surface area contributed by atoms with Gasteiger partial charge in [-0.05, 0) is 61.8 Å². The van der Waals surface area contributed by atoms with E-state index in [9.17, 15) is 9.59 Å². The Morgan fingerprint density at radius 2 is 1.71 bits per heavy atom. The minimum atomic E-state index is -0.121. The summed E-state index contributed by atoms with van der Waals surface area (Å²) in [4.78, 5) is 30.9. The molecule has 0 aliphatic carbocycles. The van der Waals surface area contributed by atoms with Gasteiger partial charge in [0, 0.05) is 23.7 Å². The molecule has 0 radical (unpaired) electrons. The van der Waals surface area contributed by atoms with E-state index < -0.39 is 0 Å². The monoisotopic (exact) mass is 487 g/mol. The number of thioether (sulfide) groups is 1. The number of amides is 2. The number of hydrogen-bond acceptors (Lipinski definition) is 4. The first-order valence-corrected chi connectivity index (χ1v) is 13.1. The molecule has 0 bridgehead atoms. The maximum absolute atomic E-state index is 13.2. The average molecular weight is 488 g/mol. The van der Waals surface area contributed by atoms with Crippen LogP contribution in [0.5, 0.6) is 0 Å². The van der Waals surface area contributed by atoms with Gasteiger partial charge >= 0.3 is 0 Å². The molecule has 6 heteroatoms. The van der Waals surface area contributed by atoms with Gasteiger partial charge in [-0.3, -0.25) is 9.59 Å². The quantitative estimate of drug-likeness (QED) is 0.434. The highest BCUT2D eigenvalue weighted by atomic mass is 32.2. The van der Waals surface area contributed by atoms with Crippen molar-refractivity contribution in [1.29, 1.82) is 0 Å². The predicted octanol–water partition coefficient (Wildman–Crippen LogP) is 4.96. The lowest BCUT2D eigenvalue weighted by Crippen LogP contribution is -2.34. The Balaban J connectivity index is 1.39. The third-order valence-electron chi connectivity index (χ3n) is 6.52. The Bertz CT molecular complexity index is 1180. The number of carbonyl (C=O) groups excluding carboxylic acids is 2. The van der Waals surface area contributed by atoms with Gasteiger partial charge in [0.25, 0.3) is 5.91 Å². The van der Waals surface area contributed by atoms with E-state index in [0.29, 0.717) is 24.4 Å². The zero-order valence-electron chi connectivity index (χ0n) is 20.7. The molecule has 0 aromatic heterocycles. The smallest absolute Gasteiger partial charge is 0.252 e. The standard InChI is InChI=1S/C29H33N3O2S/c1-4-21-13-15-23(16-14-21)26(31(2)3)19-30-29(34)24-10-6-8-12-27(24)35-20-28(33)32-18-17-22-9-5-7-11-25(22)32/h5-16,26H,4,17-20H2,1-3H3,(H,30,34). The van der Waals surface area contributed by atoms with Crippen LogP contribution in [0.4, 0.5) is 5.69 Å². The number of nitrogens with zero attached hydrogens (tertiary/aromatic N) is 2. The van der Waals surface area contributed by atoms with Crippen LogP contribution in [-0.4, -0.2) is 49.7 Å². The third-order valence-corrected chi connectivity index (χ3v) is 7.58. The van der Waals surface area contributed by atoms with E-state index in [-0.39, 0.29) is 17.9 Å². The van der Waals surface area contributed by atoms with Crippen LogP contribution in [0.2, 0.25) is 0 Å². The number of hydrogen-bond donors (Lipinski definition) is 1. The fourth-order valence-electron chi connectivity index (χ4n) is 4.45. The molecule has 4 rings (SSSR count). The first-order chi connectivity index (χ1) is 17.0. The van der Waals surface area contributed by atoms with Gasteiger partial charge in [0.2, 0.25) is 5.91 Å². The Kier molecular flexibility index (Phi) is 8.26. The number of carbonyl (C=O) groups is 2. The molecule has 1 atom stereocenters. The van der Waals surface area contributed by atoms with Crippen molar-refractivity contribution in [1.82, 2.24) is 10.2 Å². The van der Waals surface area contributed by atoms with E-state index in [4.69, 9.17) is 0 Å². The van der Waals surface area contributed by atoms with Crippen molar-refractivity contribution in [3.05, 3.63) is 95.1 Å². The summed E-state index contributed by atoms with van der Waals surface area (Å²) in [6, 6.07) is 24.2. The molecule has 182 valence electrons. The van der Waals surface area contributed by atoms with Gasteiger partial charge in [0.1, 0.15) is 0 Å². The summed E-state index contributed by atoms with van der Waals surface area (Å²) in [5, 5.41) is 3.11. The molecular weight excluding hydrogens is 454 g/mol. The van der Waals surface area contributed by atoms with Crippen molar-refractivity contribution in [3.63, 3.8) is 0 Å². The van der Waals surface area contributed by atoms with Crippen LogP contribution in [-0.2, 0) is 17.6 Å². The first kappa shape index (κ1) is 25.0. The Labute approximate surface area is 212 Å². The van der Waals surface area contributed by atoms with Crippen molar-refractivity contribution in [2.24, 2.45) is 0 Å². The number of rotatable bonds is 9. The normalized spacial score (nSPS) is 13.5. The molecule has 35 heavy (non-hydrogen) atoms. The van der Waals surface area contributed by atoms with Crippen LogP contribution in [0.25, 0.3) is 0 Å². The zero-order valence-corrected chi connectivity index (χ0v) is 21.5. The van der Waals surface area contributed by atoms with E-state index in [1.54, 1.807) is 0 Å². The average Bonchev–Trinajstić information content (AvgIpc) is 3.32. The molecule has 0 saturated heterocycles. The largest absolute Gasteiger partial charge is 0.350 e. The Morgan fingerprint density at radius 3 is 2.46 bits per heavy atom. The lowest BCUT2D eigenvalue weighted by molar-refractivity contribution is -0.116. The van der Waals surface area contributed by atoms with Gasteiger partial charge in [-0.25, -0.2) is 0 Å². The minimum absolute atomic E-state index is 0.0679. The number of aryl methyl sites for hydroxylation is 1. The number of fused-ring (bicyclic) bond motifs is 1. The SMILES string of the molecule is CCc1ccc(C(CNC(=O)c2ccccc2SCC(=O)N2CCc3ccccc32)N(C)C)cc1. The van der Waals surface area contributed by atoms with Crippen LogP contribution >= 0.6 is 11.8 Å². The topological polar surface area (TPSA) is 52.7 Å². The fraction of sp³-hybridized carbons (Fsp3) is 0.310. The summed E-state index contributed by atoms with van der Waals surface area (Å²) < 4.78 is 0. The van der Waals surface area contributed by atoms with E-state index in [1.807, 2.05) is 61.5 Å². The van der Waals surface area contributed by atoms with Crippen molar-refractivity contribution >= 4 is 29.3 Å². The summed E-state index contributed by atoms with van der Waals surface area (Å²) in [6.45, 7) is 3.36. The summed E-state index contributed by atoms with van der Waals surface area (Å²) in [5.74, 6) is 0.241.